The summed E-state index contributed by atoms with van der Waals surface area (Å²) in [5.41, 5.74) is 0.661. The Hall–Kier alpha value is -1.81. The molecule has 2 rings (SSSR count). The first kappa shape index (κ1) is 10.7. The van der Waals surface area contributed by atoms with E-state index in [4.69, 9.17) is 16.3 Å². The van der Waals surface area contributed by atoms with Crippen molar-refractivity contribution in [1.82, 2.24) is 4.57 Å². The molecule has 0 spiro atoms. The van der Waals surface area contributed by atoms with Gasteiger partial charge in [-0.05, 0) is 18.2 Å². The molecule has 1 aromatic carbocycles. The lowest BCUT2D eigenvalue weighted by Crippen LogP contribution is -2.02. The number of benzene rings is 1. The molecule has 0 aliphatic rings. The Morgan fingerprint density at radius 2 is 2.25 bits per heavy atom. The number of hydrogen-bond donors (Lipinski definition) is 0. The molecule has 0 atom stereocenters. The summed E-state index contributed by atoms with van der Waals surface area (Å²) in [5, 5.41) is 1.15. The van der Waals surface area contributed by atoms with Crippen LogP contribution < -0.4 is 4.74 Å². The highest BCUT2D eigenvalue weighted by molar-refractivity contribution is 6.31. The Morgan fingerprint density at radius 1 is 1.50 bits per heavy atom. The highest BCUT2D eigenvalue weighted by Crippen LogP contribution is 2.30. The third-order valence-electron chi connectivity index (χ3n) is 2.24. The van der Waals surface area contributed by atoms with E-state index in [9.17, 15) is 9.59 Å². The van der Waals surface area contributed by atoms with Gasteiger partial charge in [0.05, 0.1) is 11.7 Å². The normalized spacial score (nSPS) is 10.4. The maximum atomic E-state index is 11.3. The fourth-order valence-corrected chi connectivity index (χ4v) is 1.75. The molecule has 0 aliphatic heterocycles. The zero-order chi connectivity index (χ0) is 11.7. The zero-order valence-corrected chi connectivity index (χ0v) is 9.19. The third kappa shape index (κ3) is 1.67. The number of carbonyl (C=O) groups is 2. The summed E-state index contributed by atoms with van der Waals surface area (Å²) in [7, 11) is 0. The molecule has 1 aromatic heterocycles. The van der Waals surface area contributed by atoms with Crippen LogP contribution >= 0.6 is 11.6 Å². The number of nitrogens with zero attached hydrogens (tertiary/aromatic N) is 1. The first-order valence-corrected chi connectivity index (χ1v) is 4.93. The van der Waals surface area contributed by atoms with Gasteiger partial charge in [-0.3, -0.25) is 14.2 Å². The van der Waals surface area contributed by atoms with Crippen molar-refractivity contribution in [3.05, 3.63) is 29.4 Å². The highest BCUT2D eigenvalue weighted by atomic mass is 35.5. The summed E-state index contributed by atoms with van der Waals surface area (Å²) in [6.07, 6.45) is 1.47. The van der Waals surface area contributed by atoms with E-state index in [1.807, 2.05) is 0 Å². The molecule has 0 saturated carbocycles. The molecule has 0 unspecified atom stereocenters. The van der Waals surface area contributed by atoms with E-state index in [0.29, 0.717) is 28.1 Å². The van der Waals surface area contributed by atoms with E-state index >= 15 is 0 Å². The van der Waals surface area contributed by atoms with Gasteiger partial charge in [0.25, 0.3) is 6.47 Å². The molecule has 0 bridgehead atoms. The Kier molecular flexibility index (Phi) is 2.66. The fourth-order valence-electron chi connectivity index (χ4n) is 1.58. The van der Waals surface area contributed by atoms with Gasteiger partial charge in [0, 0.05) is 17.3 Å². The quantitative estimate of drug-likeness (QED) is 0.754. The summed E-state index contributed by atoms with van der Waals surface area (Å²) in [4.78, 5) is 21.7. The summed E-state index contributed by atoms with van der Waals surface area (Å²) in [6, 6.07) is 5.03. The van der Waals surface area contributed by atoms with Gasteiger partial charge in [-0.15, -0.1) is 0 Å². The Labute approximate surface area is 96.4 Å². The minimum Gasteiger partial charge on any atom is -0.426 e. The van der Waals surface area contributed by atoms with Crippen LogP contribution in [-0.2, 0) is 4.79 Å². The Morgan fingerprint density at radius 3 is 2.88 bits per heavy atom. The van der Waals surface area contributed by atoms with Gasteiger partial charge in [-0.25, -0.2) is 0 Å². The minimum atomic E-state index is -0.159. The van der Waals surface area contributed by atoms with Gasteiger partial charge in [-0.2, -0.15) is 0 Å². The molecule has 0 N–H and O–H groups in total. The predicted octanol–water partition coefficient (Wildman–Crippen LogP) is 2.49. The van der Waals surface area contributed by atoms with E-state index in [1.165, 1.54) is 17.7 Å². The van der Waals surface area contributed by atoms with Crippen LogP contribution in [0, 0.1) is 0 Å². The fraction of sp³-hybridized carbons (Fsp3) is 0.0909. The molecule has 82 valence electrons. The molecule has 0 radical (unpaired) electrons. The van der Waals surface area contributed by atoms with Crippen LogP contribution in [0.3, 0.4) is 0 Å². The second-order valence-corrected chi connectivity index (χ2v) is 3.69. The van der Waals surface area contributed by atoms with Crippen molar-refractivity contribution in [2.75, 3.05) is 0 Å². The number of carbonyl (C=O) groups excluding carboxylic acids is 2. The number of hydrogen-bond acceptors (Lipinski definition) is 3. The third-order valence-corrected chi connectivity index (χ3v) is 2.48. The average Bonchev–Trinajstić information content (AvgIpc) is 2.58. The molecule has 2 aromatic rings. The molecule has 4 nitrogen and oxygen atoms in total. The van der Waals surface area contributed by atoms with E-state index in [2.05, 4.69) is 0 Å². The lowest BCUT2D eigenvalue weighted by Gasteiger charge is -1.97. The highest BCUT2D eigenvalue weighted by Gasteiger charge is 2.12. The van der Waals surface area contributed by atoms with Crippen molar-refractivity contribution >= 4 is 34.9 Å². The van der Waals surface area contributed by atoms with Crippen LogP contribution in [0.15, 0.2) is 24.4 Å². The first-order chi connectivity index (χ1) is 7.63. The van der Waals surface area contributed by atoms with Crippen molar-refractivity contribution in [2.45, 2.75) is 6.92 Å². The van der Waals surface area contributed by atoms with Crippen LogP contribution in [0.2, 0.25) is 5.02 Å². The lowest BCUT2D eigenvalue weighted by molar-refractivity contribution is -0.120. The van der Waals surface area contributed by atoms with E-state index in [-0.39, 0.29) is 5.91 Å². The predicted molar refractivity (Wildman–Crippen MR) is 59.9 cm³/mol. The second-order valence-electron chi connectivity index (χ2n) is 3.26. The summed E-state index contributed by atoms with van der Waals surface area (Å²) < 4.78 is 6.20. The Bertz CT molecular complexity index is 574. The molecule has 16 heavy (non-hydrogen) atoms. The summed E-state index contributed by atoms with van der Waals surface area (Å²) in [6.45, 7) is 1.75. The zero-order valence-electron chi connectivity index (χ0n) is 8.44. The number of fused-ring (bicyclic) bond motifs is 1. The monoisotopic (exact) mass is 237 g/mol. The largest absolute Gasteiger partial charge is 0.426 e. The molecule has 0 saturated heterocycles. The van der Waals surface area contributed by atoms with Gasteiger partial charge in [0.2, 0.25) is 5.91 Å². The van der Waals surface area contributed by atoms with E-state index in [1.54, 1.807) is 18.2 Å². The van der Waals surface area contributed by atoms with Crippen molar-refractivity contribution in [3.63, 3.8) is 0 Å². The maximum Gasteiger partial charge on any atom is 0.298 e. The number of rotatable bonds is 2. The van der Waals surface area contributed by atoms with Crippen LogP contribution in [0.5, 0.6) is 5.75 Å². The van der Waals surface area contributed by atoms with Crippen LogP contribution in [0.25, 0.3) is 10.9 Å². The van der Waals surface area contributed by atoms with Crippen LogP contribution in [-0.4, -0.2) is 16.9 Å². The first-order valence-electron chi connectivity index (χ1n) is 4.55. The number of ether oxygens (including phenoxy) is 1. The maximum absolute atomic E-state index is 11.3. The molecular weight excluding hydrogens is 230 g/mol. The summed E-state index contributed by atoms with van der Waals surface area (Å²) >= 11 is 5.84. The van der Waals surface area contributed by atoms with Crippen molar-refractivity contribution in [1.29, 1.82) is 0 Å². The van der Waals surface area contributed by atoms with Crippen molar-refractivity contribution < 1.29 is 14.3 Å². The van der Waals surface area contributed by atoms with Crippen molar-refractivity contribution in [3.8, 4) is 5.75 Å². The van der Waals surface area contributed by atoms with E-state index < -0.39 is 0 Å². The molecular formula is C11H8ClNO3. The number of halogens is 1. The molecule has 0 amide bonds. The van der Waals surface area contributed by atoms with Gasteiger partial charge in [-0.1, -0.05) is 11.6 Å². The smallest absolute Gasteiger partial charge is 0.298 e. The minimum absolute atomic E-state index is 0.159. The van der Waals surface area contributed by atoms with Gasteiger partial charge in [0.15, 0.2) is 5.75 Å². The van der Waals surface area contributed by atoms with Gasteiger partial charge in [0.1, 0.15) is 0 Å². The molecule has 1 heterocycles. The second kappa shape index (κ2) is 3.98. The van der Waals surface area contributed by atoms with Crippen molar-refractivity contribution in [2.24, 2.45) is 0 Å². The van der Waals surface area contributed by atoms with Gasteiger partial charge < -0.3 is 4.74 Å². The number of aromatic nitrogens is 1. The van der Waals surface area contributed by atoms with E-state index in [0.717, 1.165) is 0 Å². The van der Waals surface area contributed by atoms with Crippen LogP contribution in [0.4, 0.5) is 0 Å². The standard InChI is InChI=1S/C11H8ClNO3/c1-7(15)13-5-11(16-6-14)9-4-8(12)2-3-10(9)13/h2-6H,1H3. The topological polar surface area (TPSA) is 48.3 Å². The molecule has 5 heteroatoms. The summed E-state index contributed by atoms with van der Waals surface area (Å²) in [5.74, 6) is 0.163. The molecule has 0 fully saturated rings. The SMILES string of the molecule is CC(=O)n1cc(OC=O)c2cc(Cl)ccc21. The Balaban J connectivity index is 2.75. The van der Waals surface area contributed by atoms with Crippen LogP contribution in [0.1, 0.15) is 11.7 Å². The lowest BCUT2D eigenvalue weighted by atomic mass is 10.2. The average molecular weight is 238 g/mol. The molecule has 0 aliphatic carbocycles. The van der Waals surface area contributed by atoms with Gasteiger partial charge >= 0.3 is 0 Å².